The van der Waals surface area contributed by atoms with Crippen LogP contribution in [0.2, 0.25) is 0 Å². The van der Waals surface area contributed by atoms with Crippen molar-refractivity contribution in [1.82, 2.24) is 0 Å². The number of hydrogen-bond acceptors (Lipinski definition) is 0. The van der Waals surface area contributed by atoms with Gasteiger partial charge in [0.2, 0.25) is 0 Å². The predicted octanol–water partition coefficient (Wildman–Crippen LogP) is 4.15. The molecule has 0 saturated heterocycles. The Morgan fingerprint density at radius 3 is 0.907 bits per heavy atom. The molecular weight excluding hydrogens is 643 g/mol. The summed E-state index contributed by atoms with van der Waals surface area (Å²) in [5, 5.41) is 0. The molecule has 4 aromatic carbocycles. The smallest absolute Gasteiger partial charge is 1.00 e. The van der Waals surface area contributed by atoms with Crippen molar-refractivity contribution >= 4 is 0 Å². The van der Waals surface area contributed by atoms with E-state index >= 15 is 0 Å². The molecule has 0 unspecified atom stereocenters. The van der Waals surface area contributed by atoms with Gasteiger partial charge in [0.15, 0.2) is 0 Å². The quantitative estimate of drug-likeness (QED) is 0.246. The van der Waals surface area contributed by atoms with Gasteiger partial charge in [-0.1, -0.05) is 135 Å². The maximum atomic E-state index is 3.55. The number of benzene rings is 4. The molecule has 0 saturated carbocycles. The Kier molecular flexibility index (Phi) is 14.9. The molecule has 0 atom stereocenters. The van der Waals surface area contributed by atoms with E-state index < -0.39 is 0 Å². The van der Waals surface area contributed by atoms with Crippen LogP contribution in [-0.4, -0.2) is 0 Å². The summed E-state index contributed by atoms with van der Waals surface area (Å²) in [5.74, 6) is 0. The first-order valence-corrected chi connectivity index (χ1v) is 14.5. The van der Waals surface area contributed by atoms with Gasteiger partial charge in [-0.2, -0.15) is 12.2 Å². The fraction of sp³-hybridized carbons (Fsp3) is 0.200. The number of halogens is 2. The molecule has 0 bridgehead atoms. The molecule has 0 N–H and O–H groups in total. The summed E-state index contributed by atoms with van der Waals surface area (Å²) < 4.78 is 0. The van der Waals surface area contributed by atoms with Gasteiger partial charge in [-0.25, -0.2) is 23.3 Å². The first-order valence-electron chi connectivity index (χ1n) is 14.5. The van der Waals surface area contributed by atoms with Crippen molar-refractivity contribution in [3.05, 3.63) is 191 Å². The number of rotatable bonds is 8. The second-order valence-corrected chi connectivity index (χ2v) is 10.4. The van der Waals surface area contributed by atoms with Gasteiger partial charge in [0.05, 0.1) is 0 Å². The molecule has 3 heteroatoms. The monoisotopic (exact) mass is 678 g/mol. The Bertz CT molecular complexity index is 1290. The second-order valence-electron chi connectivity index (χ2n) is 10.4. The van der Waals surface area contributed by atoms with Crippen LogP contribution in [0.1, 0.15) is 61.8 Å². The summed E-state index contributed by atoms with van der Waals surface area (Å²) in [6.07, 6.45) is 19.9. The van der Waals surface area contributed by atoms with Crippen LogP contribution in [0.3, 0.4) is 0 Å². The van der Waals surface area contributed by atoms with Crippen molar-refractivity contribution < 1.29 is 51.0 Å². The summed E-state index contributed by atoms with van der Waals surface area (Å²) in [5.41, 5.74) is 7.86. The van der Waals surface area contributed by atoms with Crippen molar-refractivity contribution in [3.63, 3.8) is 0 Å². The van der Waals surface area contributed by atoms with E-state index in [1.807, 2.05) is 0 Å². The Morgan fingerprint density at radius 1 is 0.465 bits per heavy atom. The number of hydrogen-bond donors (Lipinski definition) is 0. The number of allylic oxidation sites excluding steroid dienone is 8. The molecule has 0 radical (unpaired) electrons. The van der Waals surface area contributed by atoms with E-state index in [4.69, 9.17) is 0 Å². The minimum atomic E-state index is -0.0739. The largest absolute Gasteiger partial charge is 4.00 e. The van der Waals surface area contributed by atoms with Crippen LogP contribution < -0.4 is 24.8 Å². The van der Waals surface area contributed by atoms with Crippen LogP contribution >= 0.6 is 0 Å². The third kappa shape index (κ3) is 7.52. The molecule has 0 fully saturated rings. The van der Waals surface area contributed by atoms with Crippen molar-refractivity contribution in [1.29, 1.82) is 0 Å². The Morgan fingerprint density at radius 2 is 0.721 bits per heavy atom. The van der Waals surface area contributed by atoms with Crippen LogP contribution in [0.15, 0.2) is 157 Å². The minimum absolute atomic E-state index is 0. The van der Waals surface area contributed by atoms with Gasteiger partial charge < -0.3 is 24.8 Å². The molecule has 0 spiro atoms. The first-order chi connectivity index (χ1) is 19.8. The molecular formula is C40H38Cl2Zr. The van der Waals surface area contributed by atoms with E-state index in [1.54, 1.807) is 0 Å². The molecule has 0 aromatic heterocycles. The van der Waals surface area contributed by atoms with Crippen LogP contribution in [0.5, 0.6) is 0 Å². The standard InChI is InChI=1S/2C20H19.2ClH.Zr/c2*1-2-20(19-15-9-10-16-19,17-11-5-3-6-12-17)18-13-7-4-8-14-18;;;/h2*3-9,11-15H,2,10H2,1H3;2*1H;/q2*-1;;;+4/p-2. The molecule has 0 amide bonds. The third-order valence-electron chi connectivity index (χ3n) is 8.44. The average molecular weight is 681 g/mol. The second kappa shape index (κ2) is 17.6. The zero-order valence-corrected chi connectivity index (χ0v) is 28.9. The third-order valence-corrected chi connectivity index (χ3v) is 8.44. The fourth-order valence-electron chi connectivity index (χ4n) is 6.44. The molecule has 0 aliphatic heterocycles. The van der Waals surface area contributed by atoms with Crippen LogP contribution in [0, 0.1) is 12.2 Å². The van der Waals surface area contributed by atoms with Gasteiger partial charge >= 0.3 is 26.2 Å². The van der Waals surface area contributed by atoms with E-state index in [-0.39, 0.29) is 61.8 Å². The fourth-order valence-corrected chi connectivity index (χ4v) is 6.44. The molecule has 2 aliphatic rings. The van der Waals surface area contributed by atoms with Gasteiger partial charge in [-0.3, -0.25) is 12.2 Å². The maximum Gasteiger partial charge on any atom is 4.00 e. The SMILES string of the molecule is CCC(C1=[C-]CC=C1)(c1ccccc1)c1ccccc1.CCC(C1=[C-]CC=C1)(c1ccccc1)c1ccccc1.[Cl-].[Cl-].[Zr+4]. The normalized spacial score (nSPS) is 13.3. The molecule has 0 nitrogen and oxygen atoms in total. The van der Waals surface area contributed by atoms with Crippen LogP contribution in [0.4, 0.5) is 0 Å². The zero-order valence-electron chi connectivity index (χ0n) is 24.9. The van der Waals surface area contributed by atoms with E-state index in [2.05, 4.69) is 172 Å². The van der Waals surface area contributed by atoms with Crippen LogP contribution in [-0.2, 0) is 37.0 Å². The molecule has 0 heterocycles. The van der Waals surface area contributed by atoms with E-state index in [9.17, 15) is 0 Å². The summed E-state index contributed by atoms with van der Waals surface area (Å²) in [6.45, 7) is 4.53. The Labute approximate surface area is 290 Å². The Hall–Kier alpha value is -2.70. The molecule has 6 rings (SSSR count). The van der Waals surface area contributed by atoms with E-state index in [0.717, 1.165) is 25.7 Å². The maximum absolute atomic E-state index is 3.55. The van der Waals surface area contributed by atoms with Crippen LogP contribution in [0.25, 0.3) is 0 Å². The molecule has 2 aliphatic carbocycles. The van der Waals surface area contributed by atoms with Crippen molar-refractivity contribution in [2.45, 2.75) is 50.4 Å². The topological polar surface area (TPSA) is 0 Å². The van der Waals surface area contributed by atoms with Gasteiger partial charge in [0.1, 0.15) is 0 Å². The van der Waals surface area contributed by atoms with Gasteiger partial charge in [0.25, 0.3) is 0 Å². The van der Waals surface area contributed by atoms with E-state index in [0.29, 0.717) is 0 Å². The summed E-state index contributed by atoms with van der Waals surface area (Å²) in [4.78, 5) is 0. The molecule has 43 heavy (non-hydrogen) atoms. The van der Waals surface area contributed by atoms with Gasteiger partial charge in [-0.05, 0) is 35.1 Å². The summed E-state index contributed by atoms with van der Waals surface area (Å²) in [7, 11) is 0. The average Bonchev–Trinajstić information content (AvgIpc) is 3.78. The first kappa shape index (κ1) is 36.5. The van der Waals surface area contributed by atoms with E-state index in [1.165, 1.54) is 33.4 Å². The van der Waals surface area contributed by atoms with Crippen molar-refractivity contribution in [2.24, 2.45) is 0 Å². The Balaban J connectivity index is 0.000000281. The minimum Gasteiger partial charge on any atom is -1.00 e. The van der Waals surface area contributed by atoms with Gasteiger partial charge in [0, 0.05) is 10.8 Å². The van der Waals surface area contributed by atoms with Crippen molar-refractivity contribution in [3.8, 4) is 0 Å². The van der Waals surface area contributed by atoms with Crippen molar-refractivity contribution in [2.75, 3.05) is 0 Å². The summed E-state index contributed by atoms with van der Waals surface area (Å²) in [6, 6.07) is 43.2. The summed E-state index contributed by atoms with van der Waals surface area (Å²) >= 11 is 0. The zero-order chi connectivity index (χ0) is 27.7. The molecule has 4 aromatic rings. The molecule has 216 valence electrons. The van der Waals surface area contributed by atoms with Gasteiger partial charge in [-0.15, -0.1) is 12.8 Å². The predicted molar refractivity (Wildman–Crippen MR) is 169 cm³/mol.